The van der Waals surface area contributed by atoms with Crippen molar-refractivity contribution in [2.45, 2.75) is 30.8 Å². The molecule has 0 N–H and O–H groups in total. The van der Waals surface area contributed by atoms with Crippen LogP contribution in [-0.4, -0.2) is 59.0 Å². The lowest BCUT2D eigenvalue weighted by Gasteiger charge is -2.40. The molecule has 160 valence electrons. The van der Waals surface area contributed by atoms with Crippen molar-refractivity contribution in [3.63, 3.8) is 0 Å². The smallest absolute Gasteiger partial charge is 0.414 e. The summed E-state index contributed by atoms with van der Waals surface area (Å²) in [5.41, 5.74) is 3.03. The molecule has 1 atom stereocenters. The molecule has 4 rings (SSSR count). The summed E-state index contributed by atoms with van der Waals surface area (Å²) in [7, 11) is 0. The van der Waals surface area contributed by atoms with Crippen molar-refractivity contribution in [1.82, 2.24) is 9.78 Å². The molecule has 30 heavy (non-hydrogen) atoms. The number of hydrogen-bond acceptors (Lipinski definition) is 5. The van der Waals surface area contributed by atoms with Gasteiger partial charge in [0.1, 0.15) is 11.4 Å². The highest BCUT2D eigenvalue weighted by Gasteiger charge is 2.35. The second kappa shape index (κ2) is 8.45. The van der Waals surface area contributed by atoms with Gasteiger partial charge in [-0.1, -0.05) is 6.07 Å². The van der Waals surface area contributed by atoms with Gasteiger partial charge in [-0.25, -0.2) is 4.79 Å². The molecule has 2 aliphatic heterocycles. The van der Waals surface area contributed by atoms with Gasteiger partial charge < -0.3 is 14.4 Å². The van der Waals surface area contributed by atoms with Crippen LogP contribution < -0.4 is 9.80 Å². The van der Waals surface area contributed by atoms with E-state index < -0.39 is 10.9 Å². The number of amides is 2. The summed E-state index contributed by atoms with van der Waals surface area (Å²) in [5, 5.41) is 4.42. The van der Waals surface area contributed by atoms with E-state index in [9.17, 15) is 9.59 Å². The number of ether oxygens (including phenoxy) is 2. The molecule has 0 radical (unpaired) electrons. The van der Waals surface area contributed by atoms with Crippen molar-refractivity contribution in [1.29, 1.82) is 0 Å². The molecule has 2 amide bonds. The summed E-state index contributed by atoms with van der Waals surface area (Å²) in [6, 6.07) is 5.67. The number of carbonyl (C=O) groups excluding carboxylic acids is 2. The molecule has 2 aromatic rings. The Labute approximate surface area is 184 Å². The molecule has 0 aliphatic carbocycles. The average molecular weight is 453 g/mol. The van der Waals surface area contributed by atoms with E-state index in [1.807, 2.05) is 36.0 Å². The van der Waals surface area contributed by atoms with E-state index in [1.165, 1.54) is 11.8 Å². The number of carbonyl (C=O) groups is 2. The predicted octanol–water partition coefficient (Wildman–Crippen LogP) is 3.62. The second-order valence-electron chi connectivity index (χ2n) is 7.42. The maximum absolute atomic E-state index is 12.7. The highest BCUT2D eigenvalue weighted by atomic mass is 35.5. The van der Waals surface area contributed by atoms with Crippen LogP contribution in [0.2, 0.25) is 0 Å². The lowest BCUT2D eigenvalue weighted by molar-refractivity contribution is -0.117. The molecular formula is C20H22Cl2N4O4. The van der Waals surface area contributed by atoms with Gasteiger partial charge in [0.25, 0.3) is 0 Å². The van der Waals surface area contributed by atoms with Gasteiger partial charge in [-0.15, -0.1) is 23.2 Å². The number of anilines is 2. The first-order valence-electron chi connectivity index (χ1n) is 9.63. The number of halogens is 2. The Hall–Kier alpha value is -2.29. The highest BCUT2D eigenvalue weighted by Crippen LogP contribution is 2.39. The van der Waals surface area contributed by atoms with Gasteiger partial charge >= 0.3 is 6.09 Å². The Kier molecular flexibility index (Phi) is 5.90. The minimum Gasteiger partial charge on any atom is -0.446 e. The summed E-state index contributed by atoms with van der Waals surface area (Å²) in [5.74, 6) is -0.0936. The highest BCUT2D eigenvalue weighted by molar-refractivity contribution is 6.44. The Morgan fingerprint density at radius 1 is 1.27 bits per heavy atom. The summed E-state index contributed by atoms with van der Waals surface area (Å²) in [6.07, 6.45) is 3.18. The Bertz CT molecular complexity index is 960. The third-order valence-electron chi connectivity index (χ3n) is 5.24. The van der Waals surface area contributed by atoms with E-state index in [1.54, 1.807) is 11.1 Å². The van der Waals surface area contributed by atoms with Crippen LogP contribution in [0.25, 0.3) is 11.1 Å². The summed E-state index contributed by atoms with van der Waals surface area (Å²) < 4.78 is 12.3. The van der Waals surface area contributed by atoms with E-state index in [0.29, 0.717) is 31.1 Å². The van der Waals surface area contributed by atoms with Gasteiger partial charge in [0.2, 0.25) is 5.91 Å². The molecule has 0 unspecified atom stereocenters. The van der Waals surface area contributed by atoms with Crippen LogP contribution in [0.5, 0.6) is 0 Å². The van der Waals surface area contributed by atoms with Crippen molar-refractivity contribution in [2.24, 2.45) is 0 Å². The van der Waals surface area contributed by atoms with Crippen LogP contribution in [0.15, 0.2) is 30.6 Å². The van der Waals surface area contributed by atoms with E-state index >= 15 is 0 Å². The SMILES string of the molecule is CC(=O)N1c2ccc(-c3cnn(C4COC4)c3)cc2N(C(=O)OCC(Cl)Cl)C[C@@H]1C. The van der Waals surface area contributed by atoms with Crippen LogP contribution in [0.4, 0.5) is 16.2 Å². The van der Waals surface area contributed by atoms with Gasteiger partial charge in [-0.3, -0.25) is 14.4 Å². The molecule has 0 spiro atoms. The lowest BCUT2D eigenvalue weighted by Crippen LogP contribution is -2.51. The van der Waals surface area contributed by atoms with Crippen molar-refractivity contribution < 1.29 is 19.1 Å². The van der Waals surface area contributed by atoms with Gasteiger partial charge in [-0.05, 0) is 24.6 Å². The fraction of sp³-hybridized carbons (Fsp3) is 0.450. The minimum absolute atomic E-state index is 0.0936. The number of benzene rings is 1. The number of fused-ring (bicyclic) bond motifs is 1. The first-order valence-corrected chi connectivity index (χ1v) is 10.5. The molecule has 1 saturated heterocycles. The van der Waals surface area contributed by atoms with Crippen molar-refractivity contribution >= 4 is 46.6 Å². The average Bonchev–Trinajstić information content (AvgIpc) is 3.12. The maximum atomic E-state index is 12.7. The largest absolute Gasteiger partial charge is 0.446 e. The van der Waals surface area contributed by atoms with E-state index in [4.69, 9.17) is 32.7 Å². The lowest BCUT2D eigenvalue weighted by atomic mass is 10.0. The van der Waals surface area contributed by atoms with Crippen LogP contribution in [0.1, 0.15) is 19.9 Å². The van der Waals surface area contributed by atoms with Gasteiger partial charge in [-0.2, -0.15) is 5.10 Å². The van der Waals surface area contributed by atoms with Crippen LogP contribution in [-0.2, 0) is 14.3 Å². The normalized spacial score (nSPS) is 18.9. The third-order valence-corrected chi connectivity index (χ3v) is 5.49. The molecule has 1 aromatic heterocycles. The van der Waals surface area contributed by atoms with Crippen LogP contribution in [0.3, 0.4) is 0 Å². The number of aromatic nitrogens is 2. The first kappa shape index (κ1) is 21.0. The number of hydrogen-bond donors (Lipinski definition) is 0. The molecule has 8 nitrogen and oxygen atoms in total. The number of rotatable bonds is 4. The molecule has 2 aliphatic rings. The first-order chi connectivity index (χ1) is 14.3. The molecular weight excluding hydrogens is 431 g/mol. The zero-order valence-corrected chi connectivity index (χ0v) is 18.1. The zero-order valence-electron chi connectivity index (χ0n) is 16.6. The monoisotopic (exact) mass is 452 g/mol. The van der Waals surface area contributed by atoms with Crippen molar-refractivity contribution in [3.8, 4) is 11.1 Å². The second-order valence-corrected chi connectivity index (χ2v) is 8.70. The molecule has 0 bridgehead atoms. The zero-order chi connectivity index (χ0) is 21.4. The summed E-state index contributed by atoms with van der Waals surface area (Å²) in [4.78, 5) is 27.4. The quantitative estimate of drug-likeness (QED) is 0.661. The molecule has 3 heterocycles. The van der Waals surface area contributed by atoms with E-state index in [0.717, 1.165) is 11.1 Å². The predicted molar refractivity (Wildman–Crippen MR) is 114 cm³/mol. The molecule has 1 aromatic carbocycles. The number of alkyl halides is 2. The van der Waals surface area contributed by atoms with E-state index in [-0.39, 0.29) is 24.6 Å². The van der Waals surface area contributed by atoms with Gasteiger partial charge in [0.05, 0.1) is 42.9 Å². The van der Waals surface area contributed by atoms with E-state index in [2.05, 4.69) is 5.10 Å². The van der Waals surface area contributed by atoms with Crippen molar-refractivity contribution in [2.75, 3.05) is 36.2 Å². The Morgan fingerprint density at radius 2 is 2.03 bits per heavy atom. The third kappa shape index (κ3) is 3.99. The van der Waals surface area contributed by atoms with Gasteiger partial charge in [0.15, 0.2) is 0 Å². The summed E-state index contributed by atoms with van der Waals surface area (Å²) in [6.45, 7) is 4.88. The van der Waals surface area contributed by atoms with Crippen LogP contribution >= 0.6 is 23.2 Å². The topological polar surface area (TPSA) is 76.9 Å². The van der Waals surface area contributed by atoms with Gasteiger partial charge in [0, 0.05) is 25.2 Å². The molecule has 10 heteroatoms. The summed E-state index contributed by atoms with van der Waals surface area (Å²) >= 11 is 11.4. The minimum atomic E-state index is -0.808. The Balaban J connectivity index is 1.70. The Morgan fingerprint density at radius 3 is 2.67 bits per heavy atom. The van der Waals surface area contributed by atoms with Crippen molar-refractivity contribution in [3.05, 3.63) is 30.6 Å². The molecule has 1 fully saturated rings. The standard InChI is InChI=1S/C20H22Cl2N4O4/c1-12-7-24(20(28)30-11-19(21)22)18-5-14(3-4-17(18)26(12)13(2)27)15-6-23-25(8-15)16-9-29-10-16/h3-6,8,12,16,19H,7,9-11H2,1-2H3/t12-/m0/s1. The fourth-order valence-electron chi connectivity index (χ4n) is 3.73. The van der Waals surface area contributed by atoms with Crippen LogP contribution in [0, 0.1) is 0 Å². The maximum Gasteiger partial charge on any atom is 0.414 e. The molecule has 0 saturated carbocycles. The fourth-order valence-corrected chi connectivity index (χ4v) is 3.86. The number of nitrogens with zero attached hydrogens (tertiary/aromatic N) is 4.